The molecule has 178 valence electrons. The molecule has 2 aromatic carbocycles. The molecule has 0 radical (unpaired) electrons. The first-order valence-electron chi connectivity index (χ1n) is 12.3. The average Bonchev–Trinajstić information content (AvgIpc) is 3.22. The van der Waals surface area contributed by atoms with Crippen molar-refractivity contribution in [3.63, 3.8) is 0 Å². The van der Waals surface area contributed by atoms with Crippen LogP contribution in [0.1, 0.15) is 62.5 Å². The largest absolute Gasteiger partial charge is 0.323 e. The van der Waals surface area contributed by atoms with Crippen LogP contribution < -0.4 is 0 Å². The predicted octanol–water partition coefficient (Wildman–Crippen LogP) is 6.35. The van der Waals surface area contributed by atoms with Crippen LogP contribution in [0.5, 0.6) is 0 Å². The lowest BCUT2D eigenvalue weighted by atomic mass is 9.58. The van der Waals surface area contributed by atoms with Gasteiger partial charge in [-0.15, -0.1) is 0 Å². The maximum Gasteiger partial charge on any atom is 0.176 e. The number of ketones is 1. The highest BCUT2D eigenvalue weighted by Crippen LogP contribution is 2.50. The number of nitriles is 1. The lowest BCUT2D eigenvalue weighted by molar-refractivity contribution is -0.121. The molecule has 35 heavy (non-hydrogen) atoms. The van der Waals surface area contributed by atoms with Crippen molar-refractivity contribution in [2.45, 2.75) is 58.4 Å². The van der Waals surface area contributed by atoms with Crippen molar-refractivity contribution in [2.24, 2.45) is 11.8 Å². The van der Waals surface area contributed by atoms with Crippen LogP contribution in [-0.2, 0) is 23.2 Å². The Balaban J connectivity index is 1.69. The van der Waals surface area contributed by atoms with E-state index in [2.05, 4.69) is 55.7 Å². The van der Waals surface area contributed by atoms with E-state index in [-0.39, 0.29) is 29.0 Å². The minimum Gasteiger partial charge on any atom is -0.323 e. The van der Waals surface area contributed by atoms with Gasteiger partial charge in [0.05, 0.1) is 11.3 Å². The van der Waals surface area contributed by atoms with Gasteiger partial charge in [0, 0.05) is 29.1 Å². The van der Waals surface area contributed by atoms with Gasteiger partial charge in [-0.3, -0.25) is 4.79 Å². The molecule has 0 fully saturated rings. The van der Waals surface area contributed by atoms with E-state index in [9.17, 15) is 14.4 Å². The number of carbonyl (C=O) groups is 1. The van der Waals surface area contributed by atoms with Gasteiger partial charge in [-0.1, -0.05) is 70.2 Å². The highest BCUT2D eigenvalue weighted by atomic mass is 19.1. The lowest BCUT2D eigenvalue weighted by Crippen LogP contribution is -2.45. The molecule has 2 aliphatic rings. The summed E-state index contributed by atoms with van der Waals surface area (Å²) in [7, 11) is 0. The van der Waals surface area contributed by atoms with E-state index < -0.39 is 5.41 Å². The Morgan fingerprint density at radius 1 is 1.17 bits per heavy atom. The van der Waals surface area contributed by atoms with E-state index in [4.69, 9.17) is 4.98 Å². The third kappa shape index (κ3) is 3.82. The predicted molar refractivity (Wildman–Crippen MR) is 134 cm³/mol. The zero-order valence-corrected chi connectivity index (χ0v) is 20.7. The van der Waals surface area contributed by atoms with Crippen molar-refractivity contribution in [3.8, 4) is 17.5 Å². The van der Waals surface area contributed by atoms with Gasteiger partial charge in [-0.25, -0.2) is 9.37 Å². The maximum absolute atomic E-state index is 13.6. The number of hydrogen-bond acceptors (Lipinski definition) is 3. The second-order valence-corrected chi connectivity index (χ2v) is 10.5. The normalized spacial score (nSPS) is 23.5. The van der Waals surface area contributed by atoms with Crippen molar-refractivity contribution in [1.29, 1.82) is 5.26 Å². The molecule has 3 aromatic rings. The fourth-order valence-corrected chi connectivity index (χ4v) is 5.95. The van der Waals surface area contributed by atoms with Gasteiger partial charge in [0.1, 0.15) is 17.7 Å². The fourth-order valence-electron chi connectivity index (χ4n) is 5.95. The molecular weight excluding hydrogens is 437 g/mol. The summed E-state index contributed by atoms with van der Waals surface area (Å²) < 4.78 is 15.8. The summed E-state index contributed by atoms with van der Waals surface area (Å²) in [6, 6.07) is 17.3. The Labute approximate surface area is 206 Å². The van der Waals surface area contributed by atoms with Crippen molar-refractivity contribution in [3.05, 3.63) is 88.5 Å². The average molecular weight is 468 g/mol. The number of halogens is 1. The number of aromatic nitrogens is 2. The Morgan fingerprint density at radius 2 is 1.86 bits per heavy atom. The van der Waals surface area contributed by atoms with Gasteiger partial charge in [0.25, 0.3) is 0 Å². The summed E-state index contributed by atoms with van der Waals surface area (Å²) in [5, 5.41) is 9.66. The second kappa shape index (κ2) is 8.61. The number of carbonyl (C=O) groups excluding carboxylic acids is 1. The number of Topliss-reactive ketones (excluding diaryl/α,β-unsaturated/α-hetero) is 1. The van der Waals surface area contributed by atoms with Crippen molar-refractivity contribution in [2.75, 3.05) is 0 Å². The molecule has 0 saturated heterocycles. The zero-order valence-electron chi connectivity index (χ0n) is 20.7. The molecule has 3 atom stereocenters. The van der Waals surface area contributed by atoms with Gasteiger partial charge in [-0.2, -0.15) is 5.26 Å². The Bertz CT molecular complexity index is 1360. The summed E-state index contributed by atoms with van der Waals surface area (Å²) >= 11 is 0. The molecule has 5 rings (SSSR count). The maximum atomic E-state index is 13.6. The fraction of sp³-hybridized carbons (Fsp3) is 0.367. The standard InChI is InChI=1S/C30H30FN3O/c1-18(2)21-7-9-22(10-8-21)29-33-28-26(34(29)17-20-5-11-24(31)12-6-20)14-13-25-19(3)27(35)23(16-32)15-30(25,28)4/h5-12,15,18-19,25H,13-14,17H2,1-4H3/t19-,25-,30-/m1/s1. The van der Waals surface area contributed by atoms with Crippen LogP contribution in [0.2, 0.25) is 0 Å². The minimum atomic E-state index is -0.493. The van der Waals surface area contributed by atoms with E-state index in [1.807, 2.05) is 25.1 Å². The van der Waals surface area contributed by atoms with E-state index in [0.717, 1.165) is 41.2 Å². The molecule has 2 aliphatic carbocycles. The van der Waals surface area contributed by atoms with Crippen LogP contribution in [0, 0.1) is 29.0 Å². The lowest BCUT2D eigenvalue weighted by Gasteiger charge is -2.44. The van der Waals surface area contributed by atoms with E-state index in [0.29, 0.717) is 12.5 Å². The Morgan fingerprint density at radius 3 is 2.49 bits per heavy atom. The van der Waals surface area contributed by atoms with Crippen LogP contribution in [0.25, 0.3) is 11.4 Å². The first kappa shape index (κ1) is 23.2. The first-order chi connectivity index (χ1) is 16.7. The number of nitrogens with zero attached hydrogens (tertiary/aromatic N) is 3. The number of rotatable bonds is 4. The third-order valence-corrected chi connectivity index (χ3v) is 7.98. The van der Waals surface area contributed by atoms with Gasteiger partial charge in [0.15, 0.2) is 5.78 Å². The monoisotopic (exact) mass is 467 g/mol. The molecule has 4 nitrogen and oxygen atoms in total. The molecule has 1 heterocycles. The topological polar surface area (TPSA) is 58.7 Å². The smallest absolute Gasteiger partial charge is 0.176 e. The molecule has 0 spiro atoms. The highest BCUT2D eigenvalue weighted by molar-refractivity contribution is 6.02. The Hall–Kier alpha value is -3.52. The van der Waals surface area contributed by atoms with Crippen LogP contribution in [0.3, 0.4) is 0 Å². The summed E-state index contributed by atoms with van der Waals surface area (Å²) in [4.78, 5) is 18.0. The van der Waals surface area contributed by atoms with Gasteiger partial charge in [-0.05, 0) is 47.9 Å². The molecule has 0 saturated carbocycles. The summed E-state index contributed by atoms with van der Waals surface area (Å²) in [5.41, 5.74) is 5.11. The molecule has 0 bridgehead atoms. The Kier molecular flexibility index (Phi) is 5.71. The van der Waals surface area contributed by atoms with Crippen LogP contribution in [0.15, 0.2) is 60.2 Å². The molecular formula is C30H30FN3O. The summed E-state index contributed by atoms with van der Waals surface area (Å²) in [6.07, 6.45) is 3.52. The van der Waals surface area contributed by atoms with Crippen molar-refractivity contribution >= 4 is 5.78 Å². The van der Waals surface area contributed by atoms with Crippen molar-refractivity contribution in [1.82, 2.24) is 9.55 Å². The summed E-state index contributed by atoms with van der Waals surface area (Å²) in [5.74, 6) is 0.873. The molecule has 0 unspecified atom stereocenters. The summed E-state index contributed by atoms with van der Waals surface area (Å²) in [6.45, 7) is 9.00. The molecule has 5 heteroatoms. The van der Waals surface area contributed by atoms with Gasteiger partial charge in [0.2, 0.25) is 0 Å². The number of hydrogen-bond donors (Lipinski definition) is 0. The van der Waals surface area contributed by atoms with Crippen LogP contribution >= 0.6 is 0 Å². The zero-order chi connectivity index (χ0) is 24.9. The number of fused-ring (bicyclic) bond motifs is 3. The number of allylic oxidation sites excluding steroid dienone is 2. The van der Waals surface area contributed by atoms with Crippen LogP contribution in [0.4, 0.5) is 4.39 Å². The SMILES string of the molecule is CC(C)c1ccc(-c2nc3c(n2Cc2ccc(F)cc2)CC[C@@H]2[C@@H](C)C(=O)C(C#N)=C[C@@]32C)cc1. The quantitative estimate of drug-likeness (QED) is 0.449. The first-order valence-corrected chi connectivity index (χ1v) is 12.3. The van der Waals surface area contributed by atoms with E-state index >= 15 is 0 Å². The van der Waals surface area contributed by atoms with E-state index in [1.165, 1.54) is 17.7 Å². The highest BCUT2D eigenvalue weighted by Gasteiger charge is 2.50. The second-order valence-electron chi connectivity index (χ2n) is 10.5. The molecule has 0 aliphatic heterocycles. The van der Waals surface area contributed by atoms with Crippen LogP contribution in [-0.4, -0.2) is 15.3 Å². The minimum absolute atomic E-state index is 0.0614. The van der Waals surface area contributed by atoms with Crippen molar-refractivity contribution < 1.29 is 9.18 Å². The number of benzene rings is 2. The third-order valence-electron chi connectivity index (χ3n) is 7.98. The number of imidazole rings is 1. The van der Waals surface area contributed by atoms with Gasteiger partial charge < -0.3 is 4.57 Å². The molecule has 0 amide bonds. The van der Waals surface area contributed by atoms with E-state index in [1.54, 1.807) is 0 Å². The molecule has 0 N–H and O–H groups in total. The van der Waals surface area contributed by atoms with Gasteiger partial charge >= 0.3 is 0 Å². The molecule has 1 aromatic heterocycles.